The largest absolute Gasteiger partial charge is 0.444 e. The molecule has 0 aromatic heterocycles. The third kappa shape index (κ3) is 7.50. The molecule has 1 saturated heterocycles. The molecular formula is C22H35N3O5S. The summed E-state index contributed by atoms with van der Waals surface area (Å²) < 4.78 is 33.2. The lowest BCUT2D eigenvalue weighted by Crippen LogP contribution is -2.48. The second-order valence-electron chi connectivity index (χ2n) is 9.18. The molecule has 0 saturated carbocycles. The summed E-state index contributed by atoms with van der Waals surface area (Å²) in [5.41, 5.74) is 1.84. The van der Waals surface area contributed by atoms with Gasteiger partial charge in [0.05, 0.1) is 4.90 Å². The van der Waals surface area contributed by atoms with Crippen LogP contribution in [0.2, 0.25) is 0 Å². The Labute approximate surface area is 185 Å². The number of carbonyl (C=O) groups is 2. The Hall–Kier alpha value is -2.13. The number of benzene rings is 1. The van der Waals surface area contributed by atoms with Crippen molar-refractivity contribution in [3.63, 3.8) is 0 Å². The molecule has 0 aliphatic carbocycles. The molecule has 0 atom stereocenters. The van der Waals surface area contributed by atoms with E-state index in [0.717, 1.165) is 5.56 Å². The molecule has 9 heteroatoms. The number of hydrogen-bond acceptors (Lipinski definition) is 5. The van der Waals surface area contributed by atoms with Crippen molar-refractivity contribution < 1.29 is 22.7 Å². The molecule has 8 nitrogen and oxygen atoms in total. The van der Waals surface area contributed by atoms with Crippen molar-refractivity contribution >= 4 is 22.0 Å². The van der Waals surface area contributed by atoms with E-state index in [4.69, 9.17) is 4.74 Å². The fourth-order valence-electron chi connectivity index (χ4n) is 3.79. The zero-order valence-corrected chi connectivity index (χ0v) is 20.2. The standard InChI is InChI=1S/C22H35N3O5S/c1-15-13-16(2)20(17(3)14-15)31(28,29)23-10-7-19(26)24-18-8-11-25(12-9-18)21(27)30-22(4,5)6/h13-14,18,23H,7-12H2,1-6H3,(H,24,26). The van der Waals surface area contributed by atoms with Gasteiger partial charge in [0.1, 0.15) is 5.60 Å². The molecule has 2 amide bonds. The highest BCUT2D eigenvalue weighted by molar-refractivity contribution is 7.89. The van der Waals surface area contributed by atoms with Gasteiger partial charge < -0.3 is 15.0 Å². The van der Waals surface area contributed by atoms with E-state index in [1.807, 2.05) is 39.8 Å². The van der Waals surface area contributed by atoms with E-state index in [1.165, 1.54) is 0 Å². The van der Waals surface area contributed by atoms with Gasteiger partial charge in [0.2, 0.25) is 15.9 Å². The number of piperidine rings is 1. The first kappa shape index (κ1) is 25.1. The predicted molar refractivity (Wildman–Crippen MR) is 119 cm³/mol. The third-order valence-electron chi connectivity index (χ3n) is 5.03. The Morgan fingerprint density at radius 2 is 1.65 bits per heavy atom. The van der Waals surface area contributed by atoms with Crippen LogP contribution in [0.3, 0.4) is 0 Å². The molecule has 0 radical (unpaired) electrons. The van der Waals surface area contributed by atoms with E-state index in [2.05, 4.69) is 10.0 Å². The lowest BCUT2D eigenvalue weighted by atomic mass is 10.1. The van der Waals surface area contributed by atoms with Crippen molar-refractivity contribution in [2.75, 3.05) is 19.6 Å². The maximum atomic E-state index is 12.7. The van der Waals surface area contributed by atoms with Gasteiger partial charge in [-0.3, -0.25) is 4.79 Å². The summed E-state index contributed by atoms with van der Waals surface area (Å²) in [5.74, 6) is -0.212. The van der Waals surface area contributed by atoms with E-state index < -0.39 is 15.6 Å². The maximum absolute atomic E-state index is 12.7. The van der Waals surface area contributed by atoms with Gasteiger partial charge in [-0.1, -0.05) is 17.7 Å². The predicted octanol–water partition coefficient (Wildman–Crippen LogP) is 2.80. The molecule has 1 fully saturated rings. The van der Waals surface area contributed by atoms with E-state index in [0.29, 0.717) is 37.1 Å². The van der Waals surface area contributed by atoms with Gasteiger partial charge in [0.15, 0.2) is 0 Å². The number of likely N-dealkylation sites (tertiary alicyclic amines) is 1. The monoisotopic (exact) mass is 453 g/mol. The highest BCUT2D eigenvalue weighted by Gasteiger charge is 2.27. The molecule has 1 aromatic rings. The minimum absolute atomic E-state index is 0.0255. The van der Waals surface area contributed by atoms with Crippen LogP contribution in [-0.2, 0) is 19.6 Å². The van der Waals surface area contributed by atoms with E-state index in [-0.39, 0.29) is 35.9 Å². The highest BCUT2D eigenvalue weighted by atomic mass is 32.2. The molecule has 1 aromatic carbocycles. The summed E-state index contributed by atoms with van der Waals surface area (Å²) in [6.07, 6.45) is 0.986. The molecule has 174 valence electrons. The number of hydrogen-bond donors (Lipinski definition) is 2. The third-order valence-corrected chi connectivity index (χ3v) is 6.79. The number of aryl methyl sites for hydroxylation is 3. The number of amides is 2. The zero-order chi connectivity index (χ0) is 23.4. The quantitative estimate of drug-likeness (QED) is 0.689. The molecular weight excluding hydrogens is 418 g/mol. The number of nitrogens with zero attached hydrogens (tertiary/aromatic N) is 1. The van der Waals surface area contributed by atoms with Crippen LogP contribution < -0.4 is 10.0 Å². The van der Waals surface area contributed by atoms with Gasteiger partial charge in [-0.15, -0.1) is 0 Å². The van der Waals surface area contributed by atoms with Crippen LogP contribution >= 0.6 is 0 Å². The van der Waals surface area contributed by atoms with E-state index in [1.54, 1.807) is 18.7 Å². The van der Waals surface area contributed by atoms with Crippen molar-refractivity contribution in [3.8, 4) is 0 Å². The molecule has 0 spiro atoms. The summed E-state index contributed by atoms with van der Waals surface area (Å²) in [6.45, 7) is 12.0. The zero-order valence-electron chi connectivity index (χ0n) is 19.4. The van der Waals surface area contributed by atoms with Crippen LogP contribution in [-0.4, -0.2) is 56.6 Å². The van der Waals surface area contributed by atoms with Crippen LogP contribution in [0.5, 0.6) is 0 Å². The topological polar surface area (TPSA) is 105 Å². The van der Waals surface area contributed by atoms with Crippen molar-refractivity contribution in [2.45, 2.75) is 77.3 Å². The van der Waals surface area contributed by atoms with E-state index in [9.17, 15) is 18.0 Å². The van der Waals surface area contributed by atoms with Gasteiger partial charge in [-0.05, 0) is 65.5 Å². The van der Waals surface area contributed by atoms with Gasteiger partial charge in [-0.2, -0.15) is 0 Å². The smallest absolute Gasteiger partial charge is 0.410 e. The van der Waals surface area contributed by atoms with Crippen LogP contribution in [0.1, 0.15) is 56.7 Å². The average Bonchev–Trinajstić information content (AvgIpc) is 2.59. The minimum atomic E-state index is -3.69. The second-order valence-corrected chi connectivity index (χ2v) is 10.9. The number of sulfonamides is 1. The Morgan fingerprint density at radius 1 is 1.10 bits per heavy atom. The summed E-state index contributed by atoms with van der Waals surface area (Å²) in [6, 6.07) is 3.62. The summed E-state index contributed by atoms with van der Waals surface area (Å²) in [5, 5.41) is 2.93. The summed E-state index contributed by atoms with van der Waals surface area (Å²) in [7, 11) is -3.69. The number of carbonyl (C=O) groups excluding carboxylic acids is 2. The van der Waals surface area contributed by atoms with Crippen LogP contribution in [0.4, 0.5) is 4.79 Å². The second kappa shape index (κ2) is 9.99. The SMILES string of the molecule is Cc1cc(C)c(S(=O)(=O)NCCC(=O)NC2CCN(C(=O)OC(C)(C)C)CC2)c(C)c1. The van der Waals surface area contributed by atoms with Crippen LogP contribution in [0.15, 0.2) is 17.0 Å². The Balaban J connectivity index is 1.79. The molecule has 1 aliphatic rings. The number of rotatable bonds is 6. The fourth-order valence-corrected chi connectivity index (χ4v) is 5.28. The maximum Gasteiger partial charge on any atom is 0.410 e. The molecule has 1 heterocycles. The molecule has 0 unspecified atom stereocenters. The Kier molecular flexibility index (Phi) is 8.10. The Bertz CT molecular complexity index is 891. The number of nitrogens with one attached hydrogen (secondary N) is 2. The average molecular weight is 454 g/mol. The molecule has 2 N–H and O–H groups in total. The lowest BCUT2D eigenvalue weighted by molar-refractivity contribution is -0.121. The first-order valence-electron chi connectivity index (χ1n) is 10.6. The number of ether oxygens (including phenoxy) is 1. The van der Waals surface area contributed by atoms with Crippen LogP contribution in [0.25, 0.3) is 0 Å². The van der Waals surface area contributed by atoms with Gasteiger partial charge in [-0.25, -0.2) is 17.9 Å². The van der Waals surface area contributed by atoms with Crippen molar-refractivity contribution in [3.05, 3.63) is 28.8 Å². The molecule has 2 rings (SSSR count). The Morgan fingerprint density at radius 3 is 2.16 bits per heavy atom. The molecule has 0 bridgehead atoms. The van der Waals surface area contributed by atoms with Gasteiger partial charge in [0.25, 0.3) is 0 Å². The van der Waals surface area contributed by atoms with Crippen molar-refractivity contribution in [2.24, 2.45) is 0 Å². The van der Waals surface area contributed by atoms with Crippen molar-refractivity contribution in [1.82, 2.24) is 14.9 Å². The van der Waals surface area contributed by atoms with Crippen LogP contribution in [0, 0.1) is 20.8 Å². The first-order chi connectivity index (χ1) is 14.3. The summed E-state index contributed by atoms with van der Waals surface area (Å²) >= 11 is 0. The molecule has 1 aliphatic heterocycles. The molecule has 31 heavy (non-hydrogen) atoms. The van der Waals surface area contributed by atoms with Crippen molar-refractivity contribution in [1.29, 1.82) is 0 Å². The normalized spacial score (nSPS) is 15.6. The van der Waals surface area contributed by atoms with E-state index >= 15 is 0 Å². The highest BCUT2D eigenvalue weighted by Crippen LogP contribution is 2.21. The minimum Gasteiger partial charge on any atom is -0.444 e. The van der Waals surface area contributed by atoms with Gasteiger partial charge >= 0.3 is 6.09 Å². The van der Waals surface area contributed by atoms with Gasteiger partial charge in [0, 0.05) is 32.1 Å². The summed E-state index contributed by atoms with van der Waals surface area (Å²) in [4.78, 5) is 26.3. The first-order valence-corrected chi connectivity index (χ1v) is 12.1. The fraction of sp³-hybridized carbons (Fsp3) is 0.636. The lowest BCUT2D eigenvalue weighted by Gasteiger charge is -2.33.